The average molecular weight is 431 g/mol. The molecule has 8 heteroatoms. The zero-order valence-corrected chi connectivity index (χ0v) is 18.1. The number of benzene rings is 1. The number of urea groups is 1. The highest BCUT2D eigenvalue weighted by Crippen LogP contribution is 2.32. The Labute approximate surface area is 182 Å². The molecule has 1 N–H and O–H groups in total. The number of carbonyl (C=O) groups excluding carboxylic acids is 3. The number of amides is 4. The molecule has 0 bridgehead atoms. The maximum Gasteiger partial charge on any atom is 0.325 e. The SMILES string of the molecule is CCCN1CCC2(CC1)NC(=O)N(C1CCCN(C(=O)Cc3cccc(F)c3)C1)C2=O. The first-order chi connectivity index (χ1) is 14.9. The zero-order chi connectivity index (χ0) is 22.0. The average Bonchev–Trinajstić information content (AvgIpc) is 2.99. The summed E-state index contributed by atoms with van der Waals surface area (Å²) in [7, 11) is 0. The maximum absolute atomic E-state index is 13.4. The summed E-state index contributed by atoms with van der Waals surface area (Å²) in [6.45, 7) is 5.68. The van der Waals surface area contributed by atoms with Gasteiger partial charge in [0.05, 0.1) is 12.5 Å². The summed E-state index contributed by atoms with van der Waals surface area (Å²) in [6, 6.07) is 5.39. The van der Waals surface area contributed by atoms with Crippen LogP contribution in [0.1, 0.15) is 44.6 Å². The van der Waals surface area contributed by atoms with E-state index in [2.05, 4.69) is 17.1 Å². The van der Waals surface area contributed by atoms with E-state index in [-0.39, 0.29) is 36.1 Å². The van der Waals surface area contributed by atoms with Gasteiger partial charge in [-0.1, -0.05) is 19.1 Å². The number of likely N-dealkylation sites (tertiary alicyclic amines) is 2. The standard InChI is InChI=1S/C23H31FN4O3/c1-2-10-26-12-8-23(9-13-26)21(30)28(22(31)25-23)19-7-4-11-27(16-19)20(29)15-17-5-3-6-18(24)14-17/h3,5-6,14,19H,2,4,7-13,15-16H2,1H3,(H,25,31). The third kappa shape index (κ3) is 4.44. The van der Waals surface area contributed by atoms with Crippen LogP contribution in [0.25, 0.3) is 0 Å². The van der Waals surface area contributed by atoms with Gasteiger partial charge in [-0.3, -0.25) is 14.5 Å². The molecule has 7 nitrogen and oxygen atoms in total. The third-order valence-corrected chi connectivity index (χ3v) is 6.80. The number of hydrogen-bond acceptors (Lipinski definition) is 4. The molecule has 1 aromatic rings. The van der Waals surface area contributed by atoms with Crippen molar-refractivity contribution in [2.75, 3.05) is 32.7 Å². The van der Waals surface area contributed by atoms with Gasteiger partial charge in [0.2, 0.25) is 5.91 Å². The molecule has 168 valence electrons. The van der Waals surface area contributed by atoms with Gasteiger partial charge < -0.3 is 15.1 Å². The second-order valence-electron chi connectivity index (χ2n) is 8.97. The third-order valence-electron chi connectivity index (χ3n) is 6.80. The Morgan fingerprint density at radius 1 is 1.23 bits per heavy atom. The zero-order valence-electron chi connectivity index (χ0n) is 18.1. The Hall–Kier alpha value is -2.48. The Morgan fingerprint density at radius 3 is 2.71 bits per heavy atom. The van der Waals surface area contributed by atoms with Crippen molar-refractivity contribution in [1.82, 2.24) is 20.0 Å². The van der Waals surface area contributed by atoms with Crippen LogP contribution in [0, 0.1) is 5.82 Å². The van der Waals surface area contributed by atoms with Gasteiger partial charge in [-0.05, 0) is 56.3 Å². The quantitative estimate of drug-likeness (QED) is 0.727. The molecule has 1 aromatic carbocycles. The summed E-state index contributed by atoms with van der Waals surface area (Å²) in [5.74, 6) is -0.612. The van der Waals surface area contributed by atoms with Gasteiger partial charge in [0.1, 0.15) is 11.4 Å². The second kappa shape index (κ2) is 8.94. The monoisotopic (exact) mass is 430 g/mol. The summed E-state index contributed by atoms with van der Waals surface area (Å²) in [6.07, 6.45) is 3.86. The molecular formula is C23H31FN4O3. The minimum atomic E-state index is -0.796. The number of carbonyl (C=O) groups is 3. The van der Waals surface area contributed by atoms with E-state index < -0.39 is 5.54 Å². The molecule has 0 aromatic heterocycles. The molecule has 31 heavy (non-hydrogen) atoms. The summed E-state index contributed by atoms with van der Waals surface area (Å²) in [4.78, 5) is 44.3. The highest BCUT2D eigenvalue weighted by molar-refractivity contribution is 6.07. The van der Waals surface area contributed by atoms with Crippen molar-refractivity contribution in [3.8, 4) is 0 Å². The van der Waals surface area contributed by atoms with Gasteiger partial charge in [0, 0.05) is 26.2 Å². The molecule has 0 radical (unpaired) electrons. The first-order valence-electron chi connectivity index (χ1n) is 11.3. The Balaban J connectivity index is 1.40. The topological polar surface area (TPSA) is 73.0 Å². The van der Waals surface area contributed by atoms with E-state index in [4.69, 9.17) is 0 Å². The number of rotatable bonds is 5. The van der Waals surface area contributed by atoms with Gasteiger partial charge in [0.25, 0.3) is 5.91 Å². The summed E-state index contributed by atoms with van der Waals surface area (Å²) < 4.78 is 13.4. The molecule has 3 fully saturated rings. The van der Waals surface area contributed by atoms with Gasteiger partial charge in [-0.2, -0.15) is 0 Å². The van der Waals surface area contributed by atoms with Crippen LogP contribution >= 0.6 is 0 Å². The van der Waals surface area contributed by atoms with Crippen LogP contribution in [-0.4, -0.2) is 76.8 Å². The van der Waals surface area contributed by atoms with Gasteiger partial charge in [0.15, 0.2) is 0 Å². The van der Waals surface area contributed by atoms with Crippen LogP contribution in [0.3, 0.4) is 0 Å². The number of halogens is 1. The minimum absolute atomic E-state index is 0.107. The molecular weight excluding hydrogens is 399 g/mol. The van der Waals surface area contributed by atoms with Gasteiger partial charge in [-0.25, -0.2) is 9.18 Å². The van der Waals surface area contributed by atoms with E-state index in [1.54, 1.807) is 17.0 Å². The fourth-order valence-electron chi connectivity index (χ4n) is 5.11. The summed E-state index contributed by atoms with van der Waals surface area (Å²) in [5, 5.41) is 2.98. The molecule has 3 aliphatic rings. The van der Waals surface area contributed by atoms with Crippen LogP contribution in [0.5, 0.6) is 0 Å². The molecule has 1 atom stereocenters. The van der Waals surface area contributed by atoms with E-state index in [0.717, 1.165) is 32.5 Å². The van der Waals surface area contributed by atoms with E-state index in [1.807, 2.05) is 0 Å². The normalized spacial score (nSPS) is 24.0. The maximum atomic E-state index is 13.4. The number of piperidine rings is 2. The van der Waals surface area contributed by atoms with Crippen LogP contribution in [0.15, 0.2) is 24.3 Å². The van der Waals surface area contributed by atoms with Crippen molar-refractivity contribution in [3.05, 3.63) is 35.6 Å². The number of imide groups is 1. The van der Waals surface area contributed by atoms with Crippen molar-refractivity contribution >= 4 is 17.8 Å². The highest BCUT2D eigenvalue weighted by Gasteiger charge is 2.54. The molecule has 3 saturated heterocycles. The molecule has 3 aliphatic heterocycles. The Morgan fingerprint density at radius 2 is 2.00 bits per heavy atom. The van der Waals surface area contributed by atoms with E-state index >= 15 is 0 Å². The molecule has 0 saturated carbocycles. The van der Waals surface area contributed by atoms with Crippen LogP contribution in [0.2, 0.25) is 0 Å². The molecule has 4 amide bonds. The van der Waals surface area contributed by atoms with Gasteiger partial charge in [-0.15, -0.1) is 0 Å². The Kier molecular flexibility index (Phi) is 6.27. The number of nitrogens with zero attached hydrogens (tertiary/aromatic N) is 3. The van der Waals surface area contributed by atoms with Crippen LogP contribution < -0.4 is 5.32 Å². The largest absolute Gasteiger partial charge is 0.340 e. The van der Waals surface area contributed by atoms with E-state index in [9.17, 15) is 18.8 Å². The molecule has 1 unspecified atom stereocenters. The number of nitrogens with one attached hydrogen (secondary N) is 1. The van der Waals surface area contributed by atoms with Crippen molar-refractivity contribution in [2.45, 2.75) is 57.0 Å². The first kappa shape index (κ1) is 21.7. The predicted molar refractivity (Wildman–Crippen MR) is 114 cm³/mol. The lowest BCUT2D eigenvalue weighted by atomic mass is 9.87. The lowest BCUT2D eigenvalue weighted by Crippen LogP contribution is -2.56. The lowest BCUT2D eigenvalue weighted by Gasteiger charge is -2.39. The molecule has 4 rings (SSSR count). The molecule has 1 spiro atoms. The van der Waals surface area contributed by atoms with Crippen LogP contribution in [0.4, 0.5) is 9.18 Å². The molecule has 3 heterocycles. The smallest absolute Gasteiger partial charge is 0.325 e. The second-order valence-corrected chi connectivity index (χ2v) is 8.97. The van der Waals surface area contributed by atoms with Crippen molar-refractivity contribution in [1.29, 1.82) is 0 Å². The highest BCUT2D eigenvalue weighted by atomic mass is 19.1. The summed E-state index contributed by atoms with van der Waals surface area (Å²) in [5.41, 5.74) is -0.172. The fourth-order valence-corrected chi connectivity index (χ4v) is 5.11. The van der Waals surface area contributed by atoms with Gasteiger partial charge >= 0.3 is 6.03 Å². The fraction of sp³-hybridized carbons (Fsp3) is 0.609. The van der Waals surface area contributed by atoms with E-state index in [1.165, 1.54) is 17.0 Å². The predicted octanol–water partition coefficient (Wildman–Crippen LogP) is 2.16. The minimum Gasteiger partial charge on any atom is -0.340 e. The lowest BCUT2D eigenvalue weighted by molar-refractivity contribution is -0.138. The number of hydrogen-bond donors (Lipinski definition) is 1. The van der Waals surface area contributed by atoms with Crippen molar-refractivity contribution in [2.24, 2.45) is 0 Å². The van der Waals surface area contributed by atoms with Crippen molar-refractivity contribution < 1.29 is 18.8 Å². The Bertz CT molecular complexity index is 853. The van der Waals surface area contributed by atoms with Crippen molar-refractivity contribution in [3.63, 3.8) is 0 Å². The van der Waals surface area contributed by atoms with Crippen LogP contribution in [-0.2, 0) is 16.0 Å². The van der Waals surface area contributed by atoms with E-state index in [0.29, 0.717) is 37.9 Å². The molecule has 0 aliphatic carbocycles. The first-order valence-corrected chi connectivity index (χ1v) is 11.3. The summed E-state index contributed by atoms with van der Waals surface area (Å²) >= 11 is 0.